The molecule has 3 heterocycles. The van der Waals surface area contributed by atoms with Crippen LogP contribution >= 0.6 is 34.0 Å². The highest BCUT2D eigenvalue weighted by Gasteiger charge is 2.46. The number of rotatable bonds is 11. The lowest BCUT2D eigenvalue weighted by Gasteiger charge is -2.39. The van der Waals surface area contributed by atoms with E-state index in [0.717, 1.165) is 11.4 Å². The van der Waals surface area contributed by atoms with Gasteiger partial charge in [0.1, 0.15) is 0 Å². The van der Waals surface area contributed by atoms with E-state index in [1.54, 1.807) is 45.1 Å². The summed E-state index contributed by atoms with van der Waals surface area (Å²) in [5.74, 6) is -1.46. The first kappa shape index (κ1) is 59.2. The Morgan fingerprint density at radius 3 is 1.09 bits per heavy atom. The average molecular weight is 1140 g/mol. The van der Waals surface area contributed by atoms with Crippen LogP contribution < -0.4 is 15.1 Å². The van der Waals surface area contributed by atoms with Crippen molar-refractivity contribution in [3.8, 4) is 0 Å². The summed E-state index contributed by atoms with van der Waals surface area (Å²) in [5, 5.41) is 16.7. The molecule has 0 unspecified atom stereocenters. The molecule has 9 nitrogen and oxygen atoms in total. The van der Waals surface area contributed by atoms with Crippen molar-refractivity contribution >= 4 is 84.0 Å². The van der Waals surface area contributed by atoms with Gasteiger partial charge in [0.25, 0.3) is 0 Å². The molecular weight excluding hydrogens is 1050 g/mol. The van der Waals surface area contributed by atoms with Gasteiger partial charge < -0.3 is 29.7 Å². The number of thiophene rings is 3. The summed E-state index contributed by atoms with van der Waals surface area (Å²) >= 11 is 5.83. The second-order valence-electron chi connectivity index (χ2n) is 27.3. The topological polar surface area (TPSA) is 108 Å². The van der Waals surface area contributed by atoms with E-state index in [4.69, 9.17) is 9.47 Å². The summed E-state index contributed by atoms with van der Waals surface area (Å²) in [7, 11) is 2.83. The molecule has 0 saturated heterocycles. The number of nitrogens with one attached hydrogen (secondary N) is 1. The highest BCUT2D eigenvalue weighted by molar-refractivity contribution is 7.17. The average Bonchev–Trinajstić information content (AvgIpc) is 4.47. The van der Waals surface area contributed by atoms with Gasteiger partial charge in [-0.05, 0) is 224 Å². The molecule has 80 heavy (non-hydrogen) atoms. The smallest absolute Gasteiger partial charge is 0.337 e. The van der Waals surface area contributed by atoms with Gasteiger partial charge in [0.2, 0.25) is 0 Å². The number of carboxylic acids is 1. The molecule has 2 saturated carbocycles. The number of methoxy groups -OCH3 is 2. The first-order valence-electron chi connectivity index (χ1n) is 28.9. The second kappa shape index (κ2) is 21.7. The summed E-state index contributed by atoms with van der Waals surface area (Å²) in [6, 6.07) is 23.8. The van der Waals surface area contributed by atoms with Gasteiger partial charge in [-0.25, -0.2) is 14.4 Å². The largest absolute Gasteiger partial charge is 0.478 e. The van der Waals surface area contributed by atoms with Crippen LogP contribution in [0, 0.1) is 20.8 Å². The molecule has 6 aromatic rings. The van der Waals surface area contributed by atoms with Crippen LogP contribution in [-0.2, 0) is 42.0 Å². The molecule has 12 heteroatoms. The minimum atomic E-state index is -0.870. The second-order valence-corrected chi connectivity index (χ2v) is 30.3. The summed E-state index contributed by atoms with van der Waals surface area (Å²) in [6.45, 7) is 35.4. The number of nitrogens with zero attached hydrogens (tertiary/aromatic N) is 2. The number of ether oxygens (including phenoxy) is 2. The molecule has 0 aliphatic heterocycles. The first-order chi connectivity index (χ1) is 37.4. The number of aromatic carboxylic acids is 1. The van der Waals surface area contributed by atoms with Crippen molar-refractivity contribution in [2.24, 2.45) is 0 Å². The SMILES string of the molecule is COC(=O)c1ccc(N(c2sc3c(c2C)C(C)(C)CCC3(C)C)C2CC2)cc1.COC(=O)c1ccc(Nc2sc3c(c2C)C(C)(C)CCC3(C)C)cc1.Cc1c(N(c2ccc(C(=O)O)cc2)C2CC2)sc2c1C(C)(C)CCC2(C)C. The summed E-state index contributed by atoms with van der Waals surface area (Å²) in [4.78, 5) is 44.2. The molecule has 3 aromatic heterocycles. The summed E-state index contributed by atoms with van der Waals surface area (Å²) in [6.07, 6.45) is 12.2. The van der Waals surface area contributed by atoms with Crippen LogP contribution in [0.4, 0.5) is 32.1 Å². The third-order valence-corrected chi connectivity index (χ3v) is 23.1. The Labute approximate surface area is 489 Å². The summed E-state index contributed by atoms with van der Waals surface area (Å²) < 4.78 is 9.61. The van der Waals surface area contributed by atoms with Crippen LogP contribution in [0.25, 0.3) is 0 Å². The Morgan fingerprint density at radius 1 is 0.463 bits per heavy atom. The zero-order valence-corrected chi connectivity index (χ0v) is 53.2. The van der Waals surface area contributed by atoms with Gasteiger partial charge in [0.05, 0.1) is 45.9 Å². The zero-order chi connectivity index (χ0) is 58.2. The molecule has 0 bridgehead atoms. The van der Waals surface area contributed by atoms with Gasteiger partial charge >= 0.3 is 17.9 Å². The molecule has 5 aliphatic rings. The Morgan fingerprint density at radius 2 is 0.775 bits per heavy atom. The van der Waals surface area contributed by atoms with Crippen LogP contribution in [-0.4, -0.2) is 49.3 Å². The molecule has 2 N–H and O–H groups in total. The van der Waals surface area contributed by atoms with Gasteiger partial charge in [-0.2, -0.15) is 0 Å². The van der Waals surface area contributed by atoms with E-state index in [1.165, 1.54) is 126 Å². The maximum Gasteiger partial charge on any atom is 0.337 e. The molecule has 2 fully saturated rings. The van der Waals surface area contributed by atoms with Crippen LogP contribution in [0.15, 0.2) is 72.8 Å². The predicted molar refractivity (Wildman–Crippen MR) is 336 cm³/mol. The van der Waals surface area contributed by atoms with Gasteiger partial charge in [-0.15, -0.1) is 34.0 Å². The van der Waals surface area contributed by atoms with Gasteiger partial charge in [0, 0.05) is 43.8 Å². The monoisotopic (exact) mass is 1140 g/mol. The number of hydrogen-bond acceptors (Lipinski definition) is 11. The van der Waals surface area contributed by atoms with E-state index < -0.39 is 5.97 Å². The number of carboxylic acid groups (broad SMARTS) is 1. The molecule has 5 aliphatic carbocycles. The quantitative estimate of drug-likeness (QED) is 0.123. The minimum absolute atomic E-state index is 0.214. The molecule has 0 radical (unpaired) electrons. The van der Waals surface area contributed by atoms with Crippen LogP contribution in [0.2, 0.25) is 0 Å². The van der Waals surface area contributed by atoms with Crippen LogP contribution in [0.5, 0.6) is 0 Å². The van der Waals surface area contributed by atoms with Crippen molar-refractivity contribution < 1.29 is 29.0 Å². The number of hydrogen-bond donors (Lipinski definition) is 2. The Balaban J connectivity index is 0.000000145. The number of anilines is 6. The van der Waals surface area contributed by atoms with Crippen molar-refractivity contribution in [3.63, 3.8) is 0 Å². The normalized spacial score (nSPS) is 19.3. The zero-order valence-electron chi connectivity index (χ0n) is 50.8. The Kier molecular flexibility index (Phi) is 16.1. The van der Waals surface area contributed by atoms with E-state index in [-0.39, 0.29) is 44.4 Å². The van der Waals surface area contributed by atoms with Gasteiger partial charge in [-0.3, -0.25) is 0 Å². The molecule has 0 spiro atoms. The Hall–Kier alpha value is -5.43. The first-order valence-corrected chi connectivity index (χ1v) is 31.4. The molecule has 0 atom stereocenters. The van der Waals surface area contributed by atoms with Crippen LogP contribution in [0.3, 0.4) is 0 Å². The van der Waals surface area contributed by atoms with Gasteiger partial charge in [-0.1, -0.05) is 83.1 Å². The van der Waals surface area contributed by atoms with Crippen molar-refractivity contribution in [1.82, 2.24) is 0 Å². The summed E-state index contributed by atoms with van der Waals surface area (Å²) in [5.41, 5.74) is 15.0. The van der Waals surface area contributed by atoms with E-state index >= 15 is 0 Å². The number of benzene rings is 3. The fourth-order valence-corrected chi connectivity index (χ4v) is 17.8. The predicted octanol–water partition coefficient (Wildman–Crippen LogP) is 18.8. The van der Waals surface area contributed by atoms with Crippen molar-refractivity contribution in [3.05, 3.63) is 137 Å². The standard InChI is InChI=1S/C24H31NO2S.C23H29NO2S.C21H27NO2S/c1-15-19-20(24(4,5)14-13-23(19,2)3)28-21(15)25(18-11-12-18)17-9-7-16(8-10-17)22(26)27-6;1-14-18-19(23(4,5)13-12-22(18,2)3)27-20(14)24(17-10-11-17)16-8-6-15(7-9-16)21(25)26;1-13-16-17(21(4,5)12-11-20(16,2)3)25-18(13)22-15-9-7-14(8-10-15)19(23)24-6/h7-10,18H,11-14H2,1-6H3;6-9,17H,10-13H2,1-5H3,(H,25,26);7-10,22H,11-12H2,1-6H3. The third kappa shape index (κ3) is 11.5. The number of fused-ring (bicyclic) bond motifs is 3. The minimum Gasteiger partial charge on any atom is -0.478 e. The number of carbonyl (C=O) groups excluding carboxylic acids is 2. The lowest BCUT2D eigenvalue weighted by atomic mass is 9.66. The third-order valence-electron chi connectivity index (χ3n) is 18.2. The molecule has 11 rings (SSSR count). The lowest BCUT2D eigenvalue weighted by molar-refractivity contribution is 0.0592. The fourth-order valence-electron chi connectivity index (χ4n) is 12.8. The van der Waals surface area contributed by atoms with E-state index in [1.807, 2.05) is 70.4 Å². The molecule has 0 amide bonds. The fraction of sp³-hybridized carbons (Fsp3) is 0.515. The Bertz CT molecular complexity index is 3290. The highest BCUT2D eigenvalue weighted by atomic mass is 32.1. The maximum absolute atomic E-state index is 11.8. The molecular formula is C68H87N3O6S3. The van der Waals surface area contributed by atoms with E-state index in [9.17, 15) is 19.5 Å². The maximum atomic E-state index is 11.8. The molecule has 428 valence electrons. The van der Waals surface area contributed by atoms with Crippen molar-refractivity contribution in [2.45, 2.75) is 213 Å². The van der Waals surface area contributed by atoms with Gasteiger partial charge in [0.15, 0.2) is 0 Å². The number of carbonyl (C=O) groups is 3. The molecule has 3 aromatic carbocycles. The highest BCUT2D eigenvalue weighted by Crippen LogP contribution is 2.58. The lowest BCUT2D eigenvalue weighted by Crippen LogP contribution is -2.32. The number of esters is 2. The van der Waals surface area contributed by atoms with E-state index in [0.29, 0.717) is 28.8 Å². The van der Waals surface area contributed by atoms with Crippen molar-refractivity contribution in [2.75, 3.05) is 29.3 Å². The van der Waals surface area contributed by atoms with Crippen LogP contribution in [0.1, 0.15) is 226 Å². The van der Waals surface area contributed by atoms with E-state index in [2.05, 4.69) is 131 Å². The van der Waals surface area contributed by atoms with Crippen molar-refractivity contribution in [1.29, 1.82) is 0 Å².